The Morgan fingerprint density at radius 3 is 2.31 bits per heavy atom. The summed E-state index contributed by atoms with van der Waals surface area (Å²) < 4.78 is 5.33. The molecule has 0 aromatic heterocycles. The molecule has 1 aliphatic carbocycles. The van der Waals surface area contributed by atoms with Crippen LogP contribution in [0.5, 0.6) is 0 Å². The summed E-state index contributed by atoms with van der Waals surface area (Å²) in [5, 5.41) is 12.3. The van der Waals surface area contributed by atoms with Gasteiger partial charge in [0.25, 0.3) is 0 Å². The smallest absolute Gasteiger partial charge is 0.335 e. The van der Waals surface area contributed by atoms with E-state index in [4.69, 9.17) is 4.74 Å². The molecule has 29 heavy (non-hydrogen) atoms. The van der Waals surface area contributed by atoms with Gasteiger partial charge in [-0.3, -0.25) is 10.1 Å². The van der Waals surface area contributed by atoms with Gasteiger partial charge in [-0.25, -0.2) is 4.79 Å². The highest BCUT2D eigenvalue weighted by Gasteiger charge is 2.54. The van der Waals surface area contributed by atoms with E-state index in [1.807, 2.05) is 73.7 Å². The fourth-order valence-electron chi connectivity index (χ4n) is 4.05. The van der Waals surface area contributed by atoms with E-state index in [-0.39, 0.29) is 18.0 Å². The van der Waals surface area contributed by atoms with E-state index in [2.05, 4.69) is 0 Å². The lowest BCUT2D eigenvalue weighted by Crippen LogP contribution is -2.46. The lowest BCUT2D eigenvalue weighted by molar-refractivity contribution is -0.568. The van der Waals surface area contributed by atoms with Crippen LogP contribution in [0.4, 0.5) is 0 Å². The van der Waals surface area contributed by atoms with Crippen LogP contribution < -0.4 is 0 Å². The first-order valence-corrected chi connectivity index (χ1v) is 9.71. The topological polar surface area (TPSA) is 69.4 Å². The van der Waals surface area contributed by atoms with Gasteiger partial charge in [-0.15, -0.1) is 0 Å². The van der Waals surface area contributed by atoms with Gasteiger partial charge in [-0.05, 0) is 36.1 Å². The molecule has 0 amide bonds. The van der Waals surface area contributed by atoms with E-state index in [1.54, 1.807) is 13.8 Å². The summed E-state index contributed by atoms with van der Waals surface area (Å²) in [5.74, 6) is -1.18. The summed E-state index contributed by atoms with van der Waals surface area (Å²) in [6, 6.07) is 18.8. The highest BCUT2D eigenvalue weighted by atomic mass is 16.6. The summed E-state index contributed by atoms with van der Waals surface area (Å²) in [6.07, 6.45) is 2.15. The molecule has 0 spiro atoms. The largest absolute Gasteiger partial charge is 0.463 e. The fourth-order valence-corrected chi connectivity index (χ4v) is 4.05. The summed E-state index contributed by atoms with van der Waals surface area (Å²) in [6.45, 7) is 5.43. The molecule has 150 valence electrons. The molecule has 3 rings (SSSR count). The lowest BCUT2D eigenvalue weighted by atomic mass is 9.66. The highest BCUT2D eigenvalue weighted by Crippen LogP contribution is 2.48. The second-order valence-corrected chi connectivity index (χ2v) is 7.47. The zero-order chi connectivity index (χ0) is 21.0. The van der Waals surface area contributed by atoms with Gasteiger partial charge in [-0.1, -0.05) is 66.7 Å². The van der Waals surface area contributed by atoms with Crippen molar-refractivity contribution >= 4 is 12.0 Å². The quantitative estimate of drug-likeness (QED) is 0.400. The Morgan fingerprint density at radius 2 is 1.76 bits per heavy atom. The summed E-state index contributed by atoms with van der Waals surface area (Å²) in [4.78, 5) is 25.0. The van der Waals surface area contributed by atoms with Crippen LogP contribution in [0.3, 0.4) is 0 Å². The summed E-state index contributed by atoms with van der Waals surface area (Å²) >= 11 is 0. The molecule has 0 N–H and O–H groups in total. The molecule has 5 nitrogen and oxygen atoms in total. The van der Waals surface area contributed by atoms with Crippen LogP contribution in [0.1, 0.15) is 44.2 Å². The number of rotatable bonds is 5. The number of allylic oxidation sites excluding steroid dienone is 1. The predicted molar refractivity (Wildman–Crippen MR) is 113 cm³/mol. The van der Waals surface area contributed by atoms with Crippen molar-refractivity contribution < 1.29 is 14.5 Å². The first kappa shape index (κ1) is 20.5. The molecule has 0 saturated heterocycles. The minimum atomic E-state index is -1.37. The molecule has 2 aromatic rings. The van der Waals surface area contributed by atoms with E-state index >= 15 is 0 Å². The van der Waals surface area contributed by atoms with Crippen LogP contribution in [-0.4, -0.2) is 23.0 Å². The number of carbonyl (C=O) groups is 1. The van der Waals surface area contributed by atoms with Gasteiger partial charge < -0.3 is 4.74 Å². The van der Waals surface area contributed by atoms with Crippen molar-refractivity contribution in [2.45, 2.75) is 38.6 Å². The lowest BCUT2D eigenvalue weighted by Gasteiger charge is -2.37. The van der Waals surface area contributed by atoms with Crippen molar-refractivity contribution in [2.75, 3.05) is 6.61 Å². The Bertz CT molecular complexity index is 963. The van der Waals surface area contributed by atoms with Gasteiger partial charge in [0, 0.05) is 18.3 Å². The molecule has 2 unspecified atom stereocenters. The molecular formula is C24H25NO4. The zero-order valence-electron chi connectivity index (χ0n) is 16.9. The molecule has 1 aliphatic rings. The standard InChI is InChI=1S/C24H25NO4/c1-4-29-23(26)21-17(2)20(15-18-11-7-5-8-12-18)16-24(3,25(27)28)22(21)19-13-9-6-10-14-19/h5-15,22H,4,16H2,1-3H3/b20-15+. The Hall–Kier alpha value is -3.21. The van der Waals surface area contributed by atoms with Crippen LogP contribution in [0.15, 0.2) is 77.4 Å². The van der Waals surface area contributed by atoms with Crippen molar-refractivity contribution in [3.05, 3.63) is 98.6 Å². The molecule has 5 heteroatoms. The van der Waals surface area contributed by atoms with Gasteiger partial charge in [-0.2, -0.15) is 0 Å². The predicted octanol–water partition coefficient (Wildman–Crippen LogP) is 5.17. The third kappa shape index (κ3) is 3.99. The first-order valence-electron chi connectivity index (χ1n) is 9.71. The minimum Gasteiger partial charge on any atom is -0.463 e. The molecule has 0 radical (unpaired) electrons. The molecule has 0 bridgehead atoms. The van der Waals surface area contributed by atoms with Crippen LogP contribution >= 0.6 is 0 Å². The zero-order valence-corrected chi connectivity index (χ0v) is 16.9. The third-order valence-electron chi connectivity index (χ3n) is 5.53. The van der Waals surface area contributed by atoms with Crippen LogP contribution in [0.2, 0.25) is 0 Å². The fraction of sp³-hybridized carbons (Fsp3) is 0.292. The van der Waals surface area contributed by atoms with Crippen molar-refractivity contribution in [2.24, 2.45) is 0 Å². The number of hydrogen-bond acceptors (Lipinski definition) is 4. The second-order valence-electron chi connectivity index (χ2n) is 7.47. The molecule has 0 fully saturated rings. The third-order valence-corrected chi connectivity index (χ3v) is 5.53. The van der Waals surface area contributed by atoms with E-state index in [0.29, 0.717) is 5.57 Å². The average Bonchev–Trinajstić information content (AvgIpc) is 2.71. The molecule has 2 aromatic carbocycles. The Labute approximate surface area is 170 Å². The normalized spacial score (nSPS) is 23.1. The number of ether oxygens (including phenoxy) is 1. The molecule has 0 heterocycles. The van der Waals surface area contributed by atoms with Gasteiger partial charge in [0.05, 0.1) is 18.1 Å². The SMILES string of the molecule is CCOC(=O)C1=C(C)/C(=C/c2ccccc2)CC(C)([N+](=O)[O-])C1c1ccccc1. The maximum atomic E-state index is 13.0. The molecule has 0 saturated carbocycles. The van der Waals surface area contributed by atoms with Gasteiger partial charge in [0.2, 0.25) is 5.54 Å². The number of esters is 1. The maximum Gasteiger partial charge on any atom is 0.335 e. The number of nitro groups is 1. The van der Waals surface area contributed by atoms with Crippen LogP contribution in [0.25, 0.3) is 6.08 Å². The second kappa shape index (κ2) is 8.43. The van der Waals surface area contributed by atoms with Gasteiger partial charge in [0.1, 0.15) is 0 Å². The number of benzene rings is 2. The molecule has 0 aliphatic heterocycles. The van der Waals surface area contributed by atoms with Crippen LogP contribution in [-0.2, 0) is 9.53 Å². The monoisotopic (exact) mass is 391 g/mol. The van der Waals surface area contributed by atoms with Gasteiger partial charge >= 0.3 is 5.97 Å². The molecular weight excluding hydrogens is 366 g/mol. The number of nitrogens with zero attached hydrogens (tertiary/aromatic N) is 1. The van der Waals surface area contributed by atoms with Crippen LogP contribution in [0, 0.1) is 10.1 Å². The summed E-state index contributed by atoms with van der Waals surface area (Å²) in [5.41, 5.74) is 2.21. The molecule has 2 atom stereocenters. The van der Waals surface area contributed by atoms with Crippen molar-refractivity contribution in [3.63, 3.8) is 0 Å². The van der Waals surface area contributed by atoms with Crippen molar-refractivity contribution in [1.29, 1.82) is 0 Å². The van der Waals surface area contributed by atoms with Crippen molar-refractivity contribution in [1.82, 2.24) is 0 Å². The Morgan fingerprint density at radius 1 is 1.17 bits per heavy atom. The van der Waals surface area contributed by atoms with E-state index < -0.39 is 17.4 Å². The number of hydrogen-bond donors (Lipinski definition) is 0. The highest BCUT2D eigenvalue weighted by molar-refractivity contribution is 5.93. The van der Waals surface area contributed by atoms with Crippen molar-refractivity contribution in [3.8, 4) is 0 Å². The Kier molecular flexibility index (Phi) is 5.97. The number of carbonyl (C=O) groups excluding carboxylic acids is 1. The summed E-state index contributed by atoms with van der Waals surface area (Å²) in [7, 11) is 0. The maximum absolute atomic E-state index is 13.0. The van der Waals surface area contributed by atoms with Gasteiger partial charge in [0.15, 0.2) is 0 Å². The first-order chi connectivity index (χ1) is 13.9. The average molecular weight is 391 g/mol. The Balaban J connectivity index is 2.26. The minimum absolute atomic E-state index is 0.212. The van der Waals surface area contributed by atoms with E-state index in [0.717, 1.165) is 22.3 Å². The van der Waals surface area contributed by atoms with E-state index in [9.17, 15) is 14.9 Å². The van der Waals surface area contributed by atoms with E-state index in [1.165, 1.54) is 0 Å².